The van der Waals surface area contributed by atoms with Gasteiger partial charge in [0.05, 0.1) is 0 Å². The number of hydrogen-bond donors (Lipinski definition) is 3. The summed E-state index contributed by atoms with van der Waals surface area (Å²) in [4.78, 5) is 24.9. The van der Waals surface area contributed by atoms with Gasteiger partial charge < -0.3 is 24.9 Å². The lowest BCUT2D eigenvalue weighted by atomic mass is 10.1. The number of aromatic nitrogens is 4. The van der Waals surface area contributed by atoms with Gasteiger partial charge >= 0.3 is 6.09 Å². The normalized spacial score (nSPS) is 12.3. The van der Waals surface area contributed by atoms with E-state index in [1.54, 1.807) is 12.1 Å². The lowest BCUT2D eigenvalue weighted by molar-refractivity contribution is 0.174. The van der Waals surface area contributed by atoms with Gasteiger partial charge in [0.2, 0.25) is 6.79 Å². The first-order valence-electron chi connectivity index (χ1n) is 9.80. The third-order valence-corrected chi connectivity index (χ3v) is 6.95. The molecule has 0 saturated heterocycles. The number of ether oxygens (including phenoxy) is 2. The number of halogens is 1. The molecule has 5 rings (SSSR count). The molecule has 0 spiro atoms. The van der Waals surface area contributed by atoms with Crippen molar-refractivity contribution in [1.82, 2.24) is 19.5 Å². The summed E-state index contributed by atoms with van der Waals surface area (Å²) in [6, 6.07) is 11.0. The van der Waals surface area contributed by atoms with Crippen molar-refractivity contribution in [2.75, 3.05) is 17.8 Å². The fourth-order valence-electron chi connectivity index (χ4n) is 3.41. The van der Waals surface area contributed by atoms with E-state index in [0.29, 0.717) is 52.3 Å². The van der Waals surface area contributed by atoms with Gasteiger partial charge in [-0.05, 0) is 52.2 Å². The van der Waals surface area contributed by atoms with Crippen LogP contribution in [0.5, 0.6) is 11.5 Å². The van der Waals surface area contributed by atoms with Gasteiger partial charge in [-0.3, -0.25) is 5.32 Å². The molecule has 12 heteroatoms. The first kappa shape index (κ1) is 21.3. The Morgan fingerprint density at radius 1 is 1.21 bits per heavy atom. The number of carboxylic acid groups (broad SMARTS) is 1. The summed E-state index contributed by atoms with van der Waals surface area (Å²) >= 11 is 5.05. The molecule has 0 saturated carbocycles. The highest BCUT2D eigenvalue weighted by molar-refractivity contribution is 9.10. The Hall–Kier alpha value is -3.51. The highest BCUT2D eigenvalue weighted by Crippen LogP contribution is 2.43. The zero-order chi connectivity index (χ0) is 22.9. The van der Waals surface area contributed by atoms with Crippen LogP contribution in [-0.4, -0.2) is 37.5 Å². The zero-order valence-corrected chi connectivity index (χ0v) is 19.4. The molecule has 4 aromatic rings. The third-order valence-electron chi connectivity index (χ3n) is 4.98. The smallest absolute Gasteiger partial charge is 0.409 e. The lowest BCUT2D eigenvalue weighted by Crippen LogP contribution is -2.07. The monoisotopic (exact) mass is 528 g/mol. The van der Waals surface area contributed by atoms with E-state index >= 15 is 0 Å². The summed E-state index contributed by atoms with van der Waals surface area (Å²) in [6.07, 6.45) is 1.01. The van der Waals surface area contributed by atoms with E-state index in [-0.39, 0.29) is 6.79 Å². The van der Waals surface area contributed by atoms with E-state index in [9.17, 15) is 4.79 Å². The first-order chi connectivity index (χ1) is 16.0. The second-order valence-electron chi connectivity index (χ2n) is 7.09. The molecular formula is C21H17BrN6O4S. The summed E-state index contributed by atoms with van der Waals surface area (Å²) in [5.74, 6) is 1.68. The molecule has 0 bridgehead atoms. The fraction of sp³-hybridized carbons (Fsp3) is 0.143. The zero-order valence-electron chi connectivity index (χ0n) is 17.0. The molecule has 1 aliphatic heterocycles. The third kappa shape index (κ3) is 4.39. The van der Waals surface area contributed by atoms with Gasteiger partial charge in [-0.15, -0.1) is 0 Å². The molecule has 3 heterocycles. The van der Waals surface area contributed by atoms with Crippen molar-refractivity contribution in [2.45, 2.75) is 23.0 Å². The molecular weight excluding hydrogens is 512 g/mol. The van der Waals surface area contributed by atoms with Crippen LogP contribution in [0, 0.1) is 0 Å². The van der Waals surface area contributed by atoms with E-state index < -0.39 is 6.09 Å². The van der Waals surface area contributed by atoms with E-state index in [4.69, 9.17) is 25.3 Å². The summed E-state index contributed by atoms with van der Waals surface area (Å²) in [5.41, 5.74) is 8.80. The molecule has 2 aromatic carbocycles. The molecule has 1 aliphatic rings. The van der Waals surface area contributed by atoms with Gasteiger partial charge in [-0.25, -0.2) is 19.7 Å². The van der Waals surface area contributed by atoms with Crippen LogP contribution in [0.25, 0.3) is 11.2 Å². The molecule has 168 valence electrons. The number of imidazole rings is 1. The number of nitrogen functional groups attached to an aromatic ring is 1. The number of anilines is 2. The first-order valence-corrected chi connectivity index (χ1v) is 11.4. The van der Waals surface area contributed by atoms with Crippen molar-refractivity contribution in [3.05, 3.63) is 52.8 Å². The van der Waals surface area contributed by atoms with Crippen LogP contribution in [0.3, 0.4) is 0 Å². The molecule has 1 amide bonds. The second-order valence-corrected chi connectivity index (χ2v) is 8.96. The molecule has 0 atom stereocenters. The molecule has 0 radical (unpaired) electrons. The van der Waals surface area contributed by atoms with E-state index in [1.807, 2.05) is 28.8 Å². The van der Waals surface area contributed by atoms with Crippen molar-refractivity contribution < 1.29 is 19.4 Å². The SMILES string of the molecule is Nc1ncnc2c1nc(Sc1cc3c(cc1Br)OCO3)n2CCc1ccc(NC(=O)O)cc1. The van der Waals surface area contributed by atoms with E-state index in [2.05, 4.69) is 31.2 Å². The number of hydrogen-bond acceptors (Lipinski definition) is 8. The fourth-order valence-corrected chi connectivity index (χ4v) is 4.92. The van der Waals surface area contributed by atoms with Crippen LogP contribution < -0.4 is 20.5 Å². The van der Waals surface area contributed by atoms with Crippen molar-refractivity contribution >= 4 is 56.5 Å². The highest BCUT2D eigenvalue weighted by atomic mass is 79.9. The summed E-state index contributed by atoms with van der Waals surface area (Å²) in [6.45, 7) is 0.782. The Morgan fingerprint density at radius 2 is 1.97 bits per heavy atom. The number of nitrogens with two attached hydrogens (primary N) is 1. The molecule has 2 aromatic heterocycles. The molecule has 0 unspecified atom stereocenters. The van der Waals surface area contributed by atoms with Gasteiger partial charge in [0.1, 0.15) is 6.33 Å². The predicted molar refractivity (Wildman–Crippen MR) is 126 cm³/mol. The van der Waals surface area contributed by atoms with Crippen LogP contribution in [0.15, 0.2) is 57.3 Å². The van der Waals surface area contributed by atoms with Crippen LogP contribution in [0.4, 0.5) is 16.3 Å². The van der Waals surface area contributed by atoms with Crippen LogP contribution in [0.1, 0.15) is 5.56 Å². The van der Waals surface area contributed by atoms with Crippen LogP contribution >= 0.6 is 27.7 Å². The standard InChI is InChI=1S/C21H17BrN6O4S/c22-13-7-14-15(32-10-31-14)8-16(13)33-20-27-17-18(23)24-9-25-19(17)28(20)6-5-11-1-3-12(4-2-11)26-21(29)30/h1-4,7-9,26H,5-6,10H2,(H,29,30)(H2,23,24,25). The van der Waals surface area contributed by atoms with Crippen LogP contribution in [0.2, 0.25) is 0 Å². The van der Waals surface area contributed by atoms with Gasteiger partial charge in [0, 0.05) is 21.6 Å². The Bertz CT molecular complexity index is 1360. The number of benzene rings is 2. The maximum Gasteiger partial charge on any atom is 0.409 e. The minimum absolute atomic E-state index is 0.196. The Balaban J connectivity index is 1.45. The maximum absolute atomic E-state index is 10.8. The molecule has 33 heavy (non-hydrogen) atoms. The van der Waals surface area contributed by atoms with Crippen molar-refractivity contribution in [3.63, 3.8) is 0 Å². The summed E-state index contributed by atoms with van der Waals surface area (Å²) < 4.78 is 13.8. The van der Waals surface area contributed by atoms with Gasteiger partial charge in [0.25, 0.3) is 0 Å². The molecule has 0 aliphatic carbocycles. The average Bonchev–Trinajstić information content (AvgIpc) is 3.38. The minimum atomic E-state index is -1.10. The Morgan fingerprint density at radius 3 is 2.73 bits per heavy atom. The minimum Gasteiger partial charge on any atom is -0.465 e. The van der Waals surface area contributed by atoms with Crippen molar-refractivity contribution in [2.24, 2.45) is 0 Å². The van der Waals surface area contributed by atoms with E-state index in [0.717, 1.165) is 14.9 Å². The number of nitrogens with zero attached hydrogens (tertiary/aromatic N) is 4. The Kier molecular flexibility index (Phi) is 5.68. The summed E-state index contributed by atoms with van der Waals surface area (Å²) in [7, 11) is 0. The highest BCUT2D eigenvalue weighted by Gasteiger charge is 2.20. The topological polar surface area (TPSA) is 137 Å². The van der Waals surface area contributed by atoms with Crippen molar-refractivity contribution in [3.8, 4) is 11.5 Å². The molecule has 0 fully saturated rings. The summed E-state index contributed by atoms with van der Waals surface area (Å²) in [5, 5.41) is 11.9. The van der Waals surface area contributed by atoms with Crippen LogP contribution in [-0.2, 0) is 13.0 Å². The number of carbonyl (C=O) groups is 1. The largest absolute Gasteiger partial charge is 0.465 e. The molecule has 10 nitrogen and oxygen atoms in total. The maximum atomic E-state index is 10.8. The van der Waals surface area contributed by atoms with Gasteiger partial charge in [-0.2, -0.15) is 0 Å². The average molecular weight is 529 g/mol. The van der Waals surface area contributed by atoms with Gasteiger partial charge in [0.15, 0.2) is 33.6 Å². The van der Waals surface area contributed by atoms with Crippen molar-refractivity contribution in [1.29, 1.82) is 0 Å². The molecule has 4 N–H and O–H groups in total. The number of rotatable bonds is 6. The predicted octanol–water partition coefficient (Wildman–Crippen LogP) is 4.38. The van der Waals surface area contributed by atoms with E-state index in [1.165, 1.54) is 18.1 Å². The second kappa shape index (κ2) is 8.79. The number of amides is 1. The quantitative estimate of drug-likeness (QED) is 0.332. The van der Waals surface area contributed by atoms with Gasteiger partial charge in [-0.1, -0.05) is 23.9 Å². The number of nitrogens with one attached hydrogen (secondary N) is 1. The lowest BCUT2D eigenvalue weighted by Gasteiger charge is -2.10. The Labute approximate surface area is 200 Å². The number of aryl methyl sites for hydroxylation is 2. The number of fused-ring (bicyclic) bond motifs is 2.